The van der Waals surface area contributed by atoms with Crippen molar-refractivity contribution in [3.05, 3.63) is 87.5 Å². The molecule has 0 amide bonds. The molecule has 150 valence electrons. The van der Waals surface area contributed by atoms with E-state index in [9.17, 15) is 18.5 Å². The summed E-state index contributed by atoms with van der Waals surface area (Å²) < 4.78 is 34.0. The van der Waals surface area contributed by atoms with Crippen LogP contribution in [0.4, 0.5) is 11.4 Å². The van der Waals surface area contributed by atoms with Crippen molar-refractivity contribution >= 4 is 33.0 Å². The second-order valence-electron chi connectivity index (χ2n) is 7.23. The average molecular weight is 420 g/mol. The van der Waals surface area contributed by atoms with Crippen LogP contribution >= 0.6 is 0 Å². The largest absolute Gasteiger partial charge is 0.456 e. The fourth-order valence-electron chi connectivity index (χ4n) is 3.78. The van der Waals surface area contributed by atoms with Gasteiger partial charge in [0.25, 0.3) is 15.7 Å². The van der Waals surface area contributed by atoms with Crippen molar-refractivity contribution in [3.8, 4) is 11.5 Å². The molecule has 0 atom stereocenters. The van der Waals surface area contributed by atoms with Crippen molar-refractivity contribution in [1.82, 2.24) is 0 Å². The Morgan fingerprint density at radius 3 is 2.50 bits per heavy atom. The van der Waals surface area contributed by atoms with Gasteiger partial charge in [-0.1, -0.05) is 35.9 Å². The van der Waals surface area contributed by atoms with E-state index in [0.29, 0.717) is 11.3 Å². The Morgan fingerprint density at radius 1 is 1.03 bits per heavy atom. The lowest BCUT2D eigenvalue weighted by Gasteiger charge is -2.20. The van der Waals surface area contributed by atoms with E-state index in [-0.39, 0.29) is 28.6 Å². The van der Waals surface area contributed by atoms with Crippen LogP contribution < -0.4 is 9.04 Å². The summed E-state index contributed by atoms with van der Waals surface area (Å²) in [4.78, 5) is 11.1. The summed E-state index contributed by atoms with van der Waals surface area (Å²) in [5, 5.41) is 11.5. The smallest absolute Gasteiger partial charge is 0.275 e. The minimum absolute atomic E-state index is 0.0669. The van der Waals surface area contributed by atoms with Gasteiger partial charge in [-0.3, -0.25) is 14.4 Å². The number of non-ortho nitro benzene ring substituents is 1. The third-order valence-corrected chi connectivity index (χ3v) is 7.03. The van der Waals surface area contributed by atoms with Crippen LogP contribution in [-0.4, -0.2) is 19.9 Å². The third kappa shape index (κ3) is 2.76. The van der Waals surface area contributed by atoms with Gasteiger partial charge < -0.3 is 4.74 Å². The van der Waals surface area contributed by atoms with Crippen molar-refractivity contribution in [2.45, 2.75) is 11.8 Å². The molecule has 3 aromatic rings. The minimum Gasteiger partial charge on any atom is -0.456 e. The number of fused-ring (bicyclic) bond motifs is 1. The molecule has 0 unspecified atom stereocenters. The Balaban J connectivity index is 1.74. The van der Waals surface area contributed by atoms with Crippen molar-refractivity contribution in [2.24, 2.45) is 0 Å². The van der Waals surface area contributed by atoms with E-state index in [1.54, 1.807) is 30.3 Å². The number of nitrogens with zero attached hydrogens (tertiary/aromatic N) is 2. The number of hydrogen-bond donors (Lipinski definition) is 0. The summed E-state index contributed by atoms with van der Waals surface area (Å²) in [5.74, 6) is 0.840. The Bertz CT molecular complexity index is 1340. The average Bonchev–Trinajstić information content (AvgIpc) is 3.00. The molecule has 5 rings (SSSR count). The van der Waals surface area contributed by atoms with Gasteiger partial charge in [0.2, 0.25) is 0 Å². The van der Waals surface area contributed by atoms with Crippen LogP contribution in [0.3, 0.4) is 0 Å². The quantitative estimate of drug-likeness (QED) is 0.450. The second-order valence-corrected chi connectivity index (χ2v) is 9.09. The molecule has 8 heteroatoms. The van der Waals surface area contributed by atoms with Crippen LogP contribution in [0.1, 0.15) is 16.7 Å². The molecular formula is C22H16N2O5S. The van der Waals surface area contributed by atoms with Gasteiger partial charge >= 0.3 is 0 Å². The molecule has 0 bridgehead atoms. The lowest BCUT2D eigenvalue weighted by atomic mass is 10.0. The summed E-state index contributed by atoms with van der Waals surface area (Å²) in [6.07, 6.45) is 1.88. The van der Waals surface area contributed by atoms with Crippen LogP contribution in [0.2, 0.25) is 0 Å². The molecule has 2 heterocycles. The Labute approximate surface area is 173 Å². The van der Waals surface area contributed by atoms with Gasteiger partial charge in [-0.05, 0) is 36.8 Å². The molecular weight excluding hydrogens is 404 g/mol. The zero-order valence-electron chi connectivity index (χ0n) is 15.9. The number of para-hydroxylation sites is 1. The fourth-order valence-corrected chi connectivity index (χ4v) is 5.23. The summed E-state index contributed by atoms with van der Waals surface area (Å²) in [5.41, 5.74) is 3.04. The van der Waals surface area contributed by atoms with Gasteiger partial charge in [-0.15, -0.1) is 0 Å². The van der Waals surface area contributed by atoms with E-state index in [1.807, 2.05) is 31.2 Å². The molecule has 3 aromatic carbocycles. The molecule has 0 fully saturated rings. The first-order chi connectivity index (χ1) is 14.3. The highest BCUT2D eigenvalue weighted by atomic mass is 32.2. The van der Waals surface area contributed by atoms with Crippen LogP contribution in [0.15, 0.2) is 65.6 Å². The number of aryl methyl sites for hydroxylation is 1. The first-order valence-electron chi connectivity index (χ1n) is 9.24. The Kier molecular flexibility index (Phi) is 3.94. The molecule has 0 spiro atoms. The lowest BCUT2D eigenvalue weighted by Crippen LogP contribution is -2.29. The van der Waals surface area contributed by atoms with Crippen molar-refractivity contribution in [1.29, 1.82) is 0 Å². The second kappa shape index (κ2) is 6.43. The molecule has 2 aliphatic rings. The van der Waals surface area contributed by atoms with E-state index >= 15 is 0 Å². The van der Waals surface area contributed by atoms with E-state index in [4.69, 9.17) is 4.74 Å². The van der Waals surface area contributed by atoms with Gasteiger partial charge in [-0.2, -0.15) is 0 Å². The number of benzene rings is 3. The standard InChI is InChI=1S/C22H16N2O5S/c1-14-6-8-18(9-7-14)30(27,28)23-13-16-10-15-4-2-3-5-20(15)29-21-12-17(24(25)26)11-19(23)22(16)21/h2-12H,13H2,1H3. The monoisotopic (exact) mass is 420 g/mol. The summed E-state index contributed by atoms with van der Waals surface area (Å²) >= 11 is 0. The third-order valence-electron chi connectivity index (χ3n) is 5.26. The first kappa shape index (κ1) is 18.4. The number of anilines is 1. The van der Waals surface area contributed by atoms with Crippen molar-refractivity contribution in [2.75, 3.05) is 10.8 Å². The van der Waals surface area contributed by atoms with E-state index < -0.39 is 14.9 Å². The first-order valence-corrected chi connectivity index (χ1v) is 10.7. The number of rotatable bonds is 3. The molecule has 0 radical (unpaired) electrons. The normalized spacial score (nSPS) is 14.3. The number of hydrogen-bond acceptors (Lipinski definition) is 5. The number of nitro groups is 1. The van der Waals surface area contributed by atoms with E-state index in [0.717, 1.165) is 16.7 Å². The van der Waals surface area contributed by atoms with Crippen molar-refractivity contribution in [3.63, 3.8) is 0 Å². The summed E-state index contributed by atoms with van der Waals surface area (Å²) in [6, 6.07) is 16.5. The van der Waals surface area contributed by atoms with Crippen LogP contribution in [0.5, 0.6) is 11.5 Å². The molecule has 0 aliphatic carbocycles. The maximum Gasteiger partial charge on any atom is 0.275 e. The SMILES string of the molecule is Cc1ccc(S(=O)(=O)N2CC3=Cc4ccccc4Oc4cc([N+](=O)[O-])cc2c43)cc1. The molecule has 0 aromatic heterocycles. The number of ether oxygens (including phenoxy) is 1. The van der Waals surface area contributed by atoms with E-state index in [1.165, 1.54) is 16.4 Å². The highest BCUT2D eigenvalue weighted by Gasteiger charge is 2.38. The number of nitro benzene ring substituents is 1. The summed E-state index contributed by atoms with van der Waals surface area (Å²) in [7, 11) is -3.92. The van der Waals surface area contributed by atoms with Crippen molar-refractivity contribution < 1.29 is 18.1 Å². The van der Waals surface area contributed by atoms with Gasteiger partial charge in [0, 0.05) is 17.2 Å². The Hall–Kier alpha value is -3.65. The Morgan fingerprint density at radius 2 is 1.77 bits per heavy atom. The predicted octanol–water partition coefficient (Wildman–Crippen LogP) is 4.76. The molecule has 0 saturated carbocycles. The predicted molar refractivity (Wildman–Crippen MR) is 113 cm³/mol. The lowest BCUT2D eigenvalue weighted by molar-refractivity contribution is -0.384. The van der Waals surface area contributed by atoms with Gasteiger partial charge in [0.1, 0.15) is 11.5 Å². The molecule has 0 saturated heterocycles. The summed E-state index contributed by atoms with van der Waals surface area (Å²) in [6.45, 7) is 1.94. The zero-order chi connectivity index (χ0) is 21.0. The number of sulfonamides is 1. The van der Waals surface area contributed by atoms with Gasteiger partial charge in [-0.25, -0.2) is 8.42 Å². The molecule has 30 heavy (non-hydrogen) atoms. The molecule has 2 aliphatic heterocycles. The van der Waals surface area contributed by atoms with Crippen LogP contribution in [0, 0.1) is 17.0 Å². The highest BCUT2D eigenvalue weighted by Crippen LogP contribution is 2.50. The highest BCUT2D eigenvalue weighted by molar-refractivity contribution is 7.92. The molecule has 7 nitrogen and oxygen atoms in total. The minimum atomic E-state index is -3.92. The fraction of sp³-hybridized carbons (Fsp3) is 0.0909. The maximum absolute atomic E-state index is 13.4. The maximum atomic E-state index is 13.4. The van der Waals surface area contributed by atoms with Crippen LogP contribution in [-0.2, 0) is 10.0 Å². The van der Waals surface area contributed by atoms with Crippen LogP contribution in [0.25, 0.3) is 11.6 Å². The van der Waals surface area contributed by atoms with Gasteiger partial charge in [0.05, 0.1) is 28.1 Å². The van der Waals surface area contributed by atoms with E-state index in [2.05, 4.69) is 0 Å². The van der Waals surface area contributed by atoms with Gasteiger partial charge in [0.15, 0.2) is 0 Å². The zero-order valence-corrected chi connectivity index (χ0v) is 16.7. The topological polar surface area (TPSA) is 89.8 Å². The molecule has 0 N–H and O–H groups in total.